The predicted octanol–water partition coefficient (Wildman–Crippen LogP) is 4.18. The SMILES string of the molecule is COc1ccc(OC)c(-c2cc(CN(CC3CCCO3)C(=O)c3ccccc3)no2)c1. The number of ether oxygens (including phenoxy) is 3. The number of hydrogen-bond acceptors (Lipinski definition) is 6. The van der Waals surface area contributed by atoms with Crippen molar-refractivity contribution < 1.29 is 23.5 Å². The van der Waals surface area contributed by atoms with Crippen molar-refractivity contribution in [2.24, 2.45) is 0 Å². The second-order valence-corrected chi connectivity index (χ2v) is 7.44. The van der Waals surface area contributed by atoms with Crippen LogP contribution in [-0.4, -0.2) is 49.4 Å². The molecule has 7 nitrogen and oxygen atoms in total. The normalized spacial score (nSPS) is 15.6. The monoisotopic (exact) mass is 422 g/mol. The Bertz CT molecular complexity index is 1010. The second kappa shape index (κ2) is 9.66. The number of aromatic nitrogens is 1. The van der Waals surface area contributed by atoms with Crippen LogP contribution in [0.25, 0.3) is 11.3 Å². The van der Waals surface area contributed by atoms with Gasteiger partial charge in [0.2, 0.25) is 0 Å². The van der Waals surface area contributed by atoms with Crippen LogP contribution in [0.15, 0.2) is 59.1 Å². The lowest BCUT2D eigenvalue weighted by atomic mass is 10.1. The number of hydrogen-bond donors (Lipinski definition) is 0. The summed E-state index contributed by atoms with van der Waals surface area (Å²) in [7, 11) is 3.21. The predicted molar refractivity (Wildman–Crippen MR) is 115 cm³/mol. The number of rotatable bonds is 8. The molecule has 4 rings (SSSR count). The highest BCUT2D eigenvalue weighted by Crippen LogP contribution is 2.34. The highest BCUT2D eigenvalue weighted by atomic mass is 16.5. The van der Waals surface area contributed by atoms with Gasteiger partial charge in [-0.25, -0.2) is 0 Å². The first-order valence-electron chi connectivity index (χ1n) is 10.3. The average molecular weight is 422 g/mol. The Morgan fingerprint density at radius 1 is 1.13 bits per heavy atom. The van der Waals surface area contributed by atoms with Gasteiger partial charge < -0.3 is 23.6 Å². The average Bonchev–Trinajstić information content (AvgIpc) is 3.50. The molecular weight excluding hydrogens is 396 g/mol. The van der Waals surface area contributed by atoms with Crippen LogP contribution in [0.1, 0.15) is 28.9 Å². The third kappa shape index (κ3) is 4.88. The molecule has 1 aliphatic heterocycles. The minimum atomic E-state index is -0.0559. The first-order valence-corrected chi connectivity index (χ1v) is 10.3. The van der Waals surface area contributed by atoms with Crippen LogP contribution in [-0.2, 0) is 11.3 Å². The number of methoxy groups -OCH3 is 2. The Morgan fingerprint density at radius 2 is 1.97 bits per heavy atom. The van der Waals surface area contributed by atoms with Crippen LogP contribution in [0.4, 0.5) is 0 Å². The lowest BCUT2D eigenvalue weighted by molar-refractivity contribution is 0.0502. The van der Waals surface area contributed by atoms with Crippen molar-refractivity contribution in [1.29, 1.82) is 0 Å². The topological polar surface area (TPSA) is 74.0 Å². The summed E-state index contributed by atoms with van der Waals surface area (Å²) in [5.41, 5.74) is 2.03. The van der Waals surface area contributed by atoms with Gasteiger partial charge in [-0.05, 0) is 43.2 Å². The van der Waals surface area contributed by atoms with Crippen LogP contribution in [0.3, 0.4) is 0 Å². The maximum atomic E-state index is 13.2. The van der Waals surface area contributed by atoms with Gasteiger partial charge in [-0.3, -0.25) is 4.79 Å². The lowest BCUT2D eigenvalue weighted by Crippen LogP contribution is -2.37. The Balaban J connectivity index is 1.58. The smallest absolute Gasteiger partial charge is 0.254 e. The number of amides is 1. The van der Waals surface area contributed by atoms with Crippen molar-refractivity contribution in [3.63, 3.8) is 0 Å². The minimum Gasteiger partial charge on any atom is -0.497 e. The fourth-order valence-electron chi connectivity index (χ4n) is 3.73. The van der Waals surface area contributed by atoms with Crippen molar-refractivity contribution in [2.45, 2.75) is 25.5 Å². The molecular formula is C24H26N2O5. The minimum absolute atomic E-state index is 0.0394. The Hall–Kier alpha value is -3.32. The molecule has 1 fully saturated rings. The molecule has 162 valence electrons. The summed E-state index contributed by atoms with van der Waals surface area (Å²) in [4.78, 5) is 14.9. The van der Waals surface area contributed by atoms with Crippen molar-refractivity contribution in [2.75, 3.05) is 27.4 Å². The molecule has 7 heteroatoms. The zero-order valence-electron chi connectivity index (χ0n) is 17.7. The summed E-state index contributed by atoms with van der Waals surface area (Å²) >= 11 is 0. The Morgan fingerprint density at radius 3 is 2.68 bits per heavy atom. The van der Waals surface area contributed by atoms with Crippen LogP contribution >= 0.6 is 0 Å². The molecule has 1 aromatic heterocycles. The van der Waals surface area contributed by atoms with E-state index in [4.69, 9.17) is 18.7 Å². The number of carbonyl (C=O) groups excluding carboxylic acids is 1. The van der Waals surface area contributed by atoms with Crippen molar-refractivity contribution in [1.82, 2.24) is 10.1 Å². The van der Waals surface area contributed by atoms with E-state index in [1.807, 2.05) is 54.6 Å². The first kappa shape index (κ1) is 20.9. The van der Waals surface area contributed by atoms with Gasteiger partial charge in [-0.15, -0.1) is 0 Å². The van der Waals surface area contributed by atoms with Gasteiger partial charge in [0.1, 0.15) is 17.2 Å². The molecule has 31 heavy (non-hydrogen) atoms. The van der Waals surface area contributed by atoms with Gasteiger partial charge in [0.25, 0.3) is 5.91 Å². The molecule has 3 aromatic rings. The summed E-state index contributed by atoms with van der Waals surface area (Å²) in [6, 6.07) is 16.6. The van der Waals surface area contributed by atoms with Crippen molar-refractivity contribution >= 4 is 5.91 Å². The Kier molecular flexibility index (Phi) is 6.52. The molecule has 1 atom stereocenters. The molecule has 2 aromatic carbocycles. The third-order valence-corrected chi connectivity index (χ3v) is 5.34. The van der Waals surface area contributed by atoms with E-state index in [2.05, 4.69) is 5.16 Å². The second-order valence-electron chi connectivity index (χ2n) is 7.44. The van der Waals surface area contributed by atoms with E-state index in [0.29, 0.717) is 41.6 Å². The third-order valence-electron chi connectivity index (χ3n) is 5.34. The summed E-state index contributed by atoms with van der Waals surface area (Å²) in [6.07, 6.45) is 2.00. The molecule has 1 unspecified atom stereocenters. The molecule has 0 radical (unpaired) electrons. The molecule has 0 aliphatic carbocycles. The highest BCUT2D eigenvalue weighted by Gasteiger charge is 2.25. The summed E-state index contributed by atoms with van der Waals surface area (Å²) in [5, 5.41) is 4.21. The fourth-order valence-corrected chi connectivity index (χ4v) is 3.73. The van der Waals surface area contributed by atoms with Gasteiger partial charge in [0, 0.05) is 24.8 Å². The number of nitrogens with zero attached hydrogens (tertiary/aromatic N) is 2. The zero-order valence-corrected chi connectivity index (χ0v) is 17.7. The molecule has 0 saturated carbocycles. The van der Waals surface area contributed by atoms with E-state index >= 15 is 0 Å². The van der Waals surface area contributed by atoms with Crippen molar-refractivity contribution in [3.05, 3.63) is 65.9 Å². The van der Waals surface area contributed by atoms with E-state index in [1.165, 1.54) is 0 Å². The van der Waals surface area contributed by atoms with E-state index < -0.39 is 0 Å². The van der Waals surface area contributed by atoms with Crippen LogP contribution in [0, 0.1) is 0 Å². The van der Waals surface area contributed by atoms with Gasteiger partial charge in [0.15, 0.2) is 5.76 Å². The molecule has 2 heterocycles. The van der Waals surface area contributed by atoms with E-state index in [0.717, 1.165) is 25.0 Å². The molecule has 0 spiro atoms. The molecule has 1 amide bonds. The fraction of sp³-hybridized carbons (Fsp3) is 0.333. The maximum Gasteiger partial charge on any atom is 0.254 e. The van der Waals surface area contributed by atoms with Crippen LogP contribution < -0.4 is 9.47 Å². The summed E-state index contributed by atoms with van der Waals surface area (Å²) in [6.45, 7) is 1.57. The molecule has 0 bridgehead atoms. The van der Waals surface area contributed by atoms with E-state index in [9.17, 15) is 4.79 Å². The first-order chi connectivity index (χ1) is 15.2. The molecule has 1 saturated heterocycles. The van der Waals surface area contributed by atoms with E-state index in [-0.39, 0.29) is 12.0 Å². The molecule has 1 aliphatic rings. The lowest BCUT2D eigenvalue weighted by Gasteiger charge is -2.24. The summed E-state index contributed by atoms with van der Waals surface area (Å²) < 4.78 is 22.1. The highest BCUT2D eigenvalue weighted by molar-refractivity contribution is 5.94. The summed E-state index contributed by atoms with van der Waals surface area (Å²) in [5.74, 6) is 1.84. The van der Waals surface area contributed by atoms with E-state index in [1.54, 1.807) is 19.1 Å². The largest absolute Gasteiger partial charge is 0.497 e. The van der Waals surface area contributed by atoms with Crippen LogP contribution in [0.2, 0.25) is 0 Å². The van der Waals surface area contributed by atoms with Gasteiger partial charge in [0.05, 0.1) is 32.4 Å². The standard InChI is InChI=1S/C24H26N2O5/c1-28-19-10-11-22(29-2)21(14-19)23-13-18(25-31-23)15-26(16-20-9-6-12-30-20)24(27)17-7-4-3-5-8-17/h3-5,7-8,10-11,13-14,20H,6,9,12,15-16H2,1-2H3. The van der Waals surface area contributed by atoms with Gasteiger partial charge >= 0.3 is 0 Å². The molecule has 0 N–H and O–H groups in total. The number of carbonyl (C=O) groups is 1. The Labute approximate surface area is 181 Å². The number of benzene rings is 2. The van der Waals surface area contributed by atoms with Crippen molar-refractivity contribution in [3.8, 4) is 22.8 Å². The van der Waals surface area contributed by atoms with Gasteiger partial charge in [-0.2, -0.15) is 0 Å². The zero-order chi connectivity index (χ0) is 21.6. The van der Waals surface area contributed by atoms with Crippen LogP contribution in [0.5, 0.6) is 11.5 Å². The van der Waals surface area contributed by atoms with Gasteiger partial charge in [-0.1, -0.05) is 23.4 Å². The maximum absolute atomic E-state index is 13.2. The quantitative estimate of drug-likeness (QED) is 0.542.